The number of hydrogen-bond acceptors (Lipinski definition) is 2. The number of nitrogens with two attached hydrogens (primary N) is 1. The Bertz CT molecular complexity index is 501. The van der Waals surface area contributed by atoms with Crippen LogP contribution in [0.1, 0.15) is 39.5 Å². The van der Waals surface area contributed by atoms with Crippen molar-refractivity contribution in [2.24, 2.45) is 17.1 Å². The van der Waals surface area contributed by atoms with Crippen LogP contribution in [0.5, 0.6) is 0 Å². The smallest absolute Gasteiger partial charge is 0.230 e. The number of benzene rings is 1. The highest BCUT2D eigenvalue weighted by atomic mass is 19.1. The molecular formula is C17H25FN2O. The van der Waals surface area contributed by atoms with Gasteiger partial charge in [0.05, 0.1) is 0 Å². The molecule has 0 heterocycles. The third kappa shape index (κ3) is 3.62. The van der Waals surface area contributed by atoms with Crippen molar-refractivity contribution < 1.29 is 9.18 Å². The average Bonchev–Trinajstić information content (AvgIpc) is 2.78. The van der Waals surface area contributed by atoms with Crippen molar-refractivity contribution in [3.05, 3.63) is 30.1 Å². The molecule has 1 fully saturated rings. The van der Waals surface area contributed by atoms with Crippen molar-refractivity contribution in [2.75, 3.05) is 18.0 Å². The van der Waals surface area contributed by atoms with Crippen molar-refractivity contribution >= 4 is 11.6 Å². The SMILES string of the molecule is CC1(C)CCCC1C(=O)N(CCCN)c1cccc(F)c1. The maximum absolute atomic E-state index is 13.5. The Kier molecular flexibility index (Phi) is 4.99. The minimum Gasteiger partial charge on any atom is -0.330 e. The Balaban J connectivity index is 2.25. The summed E-state index contributed by atoms with van der Waals surface area (Å²) in [5.41, 5.74) is 6.23. The molecule has 0 aliphatic heterocycles. The zero-order valence-corrected chi connectivity index (χ0v) is 12.9. The number of carbonyl (C=O) groups is 1. The fourth-order valence-electron chi connectivity index (χ4n) is 3.23. The van der Waals surface area contributed by atoms with E-state index in [4.69, 9.17) is 5.73 Å². The first-order valence-corrected chi connectivity index (χ1v) is 7.73. The lowest BCUT2D eigenvalue weighted by Gasteiger charge is -2.32. The predicted octanol–water partition coefficient (Wildman–Crippen LogP) is 3.33. The van der Waals surface area contributed by atoms with E-state index in [-0.39, 0.29) is 23.1 Å². The van der Waals surface area contributed by atoms with Crippen molar-refractivity contribution in [3.63, 3.8) is 0 Å². The molecule has 2 N–H and O–H groups in total. The van der Waals surface area contributed by atoms with Crippen molar-refractivity contribution in [1.29, 1.82) is 0 Å². The molecule has 2 rings (SSSR count). The lowest BCUT2D eigenvalue weighted by molar-refractivity contribution is -0.124. The van der Waals surface area contributed by atoms with Crippen LogP contribution in [0.2, 0.25) is 0 Å². The van der Waals surface area contributed by atoms with Gasteiger partial charge in [0.1, 0.15) is 5.82 Å². The van der Waals surface area contributed by atoms with E-state index in [9.17, 15) is 9.18 Å². The van der Waals surface area contributed by atoms with Gasteiger partial charge in [-0.1, -0.05) is 26.3 Å². The molecule has 1 aromatic carbocycles. The summed E-state index contributed by atoms with van der Waals surface area (Å²) in [4.78, 5) is 14.7. The highest BCUT2D eigenvalue weighted by molar-refractivity contribution is 5.95. The molecule has 1 amide bonds. The summed E-state index contributed by atoms with van der Waals surface area (Å²) in [6.07, 6.45) is 3.78. The summed E-state index contributed by atoms with van der Waals surface area (Å²) in [7, 11) is 0. The molecule has 1 unspecified atom stereocenters. The highest BCUT2D eigenvalue weighted by Crippen LogP contribution is 2.44. The molecule has 0 spiro atoms. The van der Waals surface area contributed by atoms with E-state index in [1.807, 2.05) is 0 Å². The first kappa shape index (κ1) is 16.0. The Labute approximate surface area is 126 Å². The quantitative estimate of drug-likeness (QED) is 0.904. The first-order chi connectivity index (χ1) is 9.95. The van der Waals surface area contributed by atoms with Crippen LogP contribution >= 0.6 is 0 Å². The lowest BCUT2D eigenvalue weighted by Crippen LogP contribution is -2.41. The molecule has 21 heavy (non-hydrogen) atoms. The van der Waals surface area contributed by atoms with Gasteiger partial charge in [-0.25, -0.2) is 4.39 Å². The van der Waals surface area contributed by atoms with Crippen LogP contribution in [0.4, 0.5) is 10.1 Å². The van der Waals surface area contributed by atoms with E-state index in [2.05, 4.69) is 13.8 Å². The van der Waals surface area contributed by atoms with E-state index in [0.29, 0.717) is 18.8 Å². The van der Waals surface area contributed by atoms with Crippen LogP contribution in [-0.2, 0) is 4.79 Å². The number of amides is 1. The summed E-state index contributed by atoms with van der Waals surface area (Å²) < 4.78 is 13.5. The number of anilines is 1. The molecule has 1 aliphatic rings. The monoisotopic (exact) mass is 292 g/mol. The minimum atomic E-state index is -0.316. The third-order valence-electron chi connectivity index (χ3n) is 4.53. The number of rotatable bonds is 5. The number of carbonyl (C=O) groups excluding carboxylic acids is 1. The topological polar surface area (TPSA) is 46.3 Å². The summed E-state index contributed by atoms with van der Waals surface area (Å²) >= 11 is 0. The lowest BCUT2D eigenvalue weighted by atomic mass is 9.81. The molecule has 1 aromatic rings. The highest BCUT2D eigenvalue weighted by Gasteiger charge is 2.41. The second-order valence-corrected chi connectivity index (χ2v) is 6.55. The predicted molar refractivity (Wildman–Crippen MR) is 83.5 cm³/mol. The van der Waals surface area contributed by atoms with E-state index < -0.39 is 0 Å². The van der Waals surface area contributed by atoms with Crippen molar-refractivity contribution in [1.82, 2.24) is 0 Å². The molecule has 4 heteroatoms. The molecule has 0 aromatic heterocycles. The van der Waals surface area contributed by atoms with Crippen LogP contribution in [0.3, 0.4) is 0 Å². The summed E-state index contributed by atoms with van der Waals surface area (Å²) in [5, 5.41) is 0. The molecule has 0 radical (unpaired) electrons. The molecule has 0 saturated heterocycles. The second-order valence-electron chi connectivity index (χ2n) is 6.55. The number of hydrogen-bond donors (Lipinski definition) is 1. The molecule has 1 aliphatic carbocycles. The number of halogens is 1. The Morgan fingerprint density at radius 3 is 2.81 bits per heavy atom. The largest absolute Gasteiger partial charge is 0.330 e. The molecule has 0 bridgehead atoms. The zero-order valence-electron chi connectivity index (χ0n) is 12.9. The van der Waals surface area contributed by atoms with Gasteiger partial charge in [0.25, 0.3) is 0 Å². The van der Waals surface area contributed by atoms with Gasteiger partial charge in [0, 0.05) is 18.2 Å². The van der Waals surface area contributed by atoms with Gasteiger partial charge in [-0.2, -0.15) is 0 Å². The van der Waals surface area contributed by atoms with E-state index in [0.717, 1.165) is 25.7 Å². The van der Waals surface area contributed by atoms with Gasteiger partial charge < -0.3 is 10.6 Å². The van der Waals surface area contributed by atoms with Crippen molar-refractivity contribution in [3.8, 4) is 0 Å². The molecule has 116 valence electrons. The molecule has 1 saturated carbocycles. The van der Waals surface area contributed by atoms with Gasteiger partial charge in [0.2, 0.25) is 5.91 Å². The Hall–Kier alpha value is -1.42. The first-order valence-electron chi connectivity index (χ1n) is 7.73. The molecular weight excluding hydrogens is 267 g/mol. The molecule has 3 nitrogen and oxygen atoms in total. The fraction of sp³-hybridized carbons (Fsp3) is 0.588. The van der Waals surface area contributed by atoms with E-state index in [1.54, 1.807) is 17.0 Å². The maximum Gasteiger partial charge on any atom is 0.230 e. The Morgan fingerprint density at radius 1 is 1.48 bits per heavy atom. The third-order valence-corrected chi connectivity index (χ3v) is 4.53. The van der Waals surface area contributed by atoms with Crippen LogP contribution in [0, 0.1) is 17.2 Å². The second kappa shape index (κ2) is 6.56. The van der Waals surface area contributed by atoms with Crippen LogP contribution in [0.15, 0.2) is 24.3 Å². The van der Waals surface area contributed by atoms with Crippen LogP contribution < -0.4 is 10.6 Å². The average molecular weight is 292 g/mol. The Morgan fingerprint density at radius 2 is 2.24 bits per heavy atom. The van der Waals surface area contributed by atoms with Gasteiger partial charge in [-0.3, -0.25) is 4.79 Å². The zero-order chi connectivity index (χ0) is 15.5. The van der Waals surface area contributed by atoms with E-state index >= 15 is 0 Å². The fourth-order valence-corrected chi connectivity index (χ4v) is 3.23. The minimum absolute atomic E-state index is 0.0125. The maximum atomic E-state index is 13.5. The van der Waals surface area contributed by atoms with Gasteiger partial charge in [-0.05, 0) is 49.4 Å². The summed E-state index contributed by atoms with van der Waals surface area (Å²) in [6.45, 7) is 5.36. The summed E-state index contributed by atoms with van der Waals surface area (Å²) in [6, 6.07) is 6.26. The summed E-state index contributed by atoms with van der Waals surface area (Å²) in [5.74, 6) is -0.196. The van der Waals surface area contributed by atoms with Crippen LogP contribution in [-0.4, -0.2) is 19.0 Å². The van der Waals surface area contributed by atoms with Gasteiger partial charge >= 0.3 is 0 Å². The molecule has 1 atom stereocenters. The standard InChI is InChI=1S/C17H25FN2O/c1-17(2)9-4-8-15(17)16(21)20(11-5-10-19)14-7-3-6-13(18)12-14/h3,6-7,12,15H,4-5,8-11,19H2,1-2H3. The van der Waals surface area contributed by atoms with Crippen molar-refractivity contribution in [2.45, 2.75) is 39.5 Å². The normalized spacial score (nSPS) is 20.5. The van der Waals surface area contributed by atoms with Gasteiger partial charge in [0.15, 0.2) is 0 Å². The van der Waals surface area contributed by atoms with Crippen LogP contribution in [0.25, 0.3) is 0 Å². The van der Waals surface area contributed by atoms with E-state index in [1.165, 1.54) is 12.1 Å². The van der Waals surface area contributed by atoms with Gasteiger partial charge in [-0.15, -0.1) is 0 Å². The number of nitrogens with zero attached hydrogens (tertiary/aromatic N) is 1.